The quantitative estimate of drug-likeness (QED) is 0.258. The third kappa shape index (κ3) is 2.72. The lowest BCUT2D eigenvalue weighted by molar-refractivity contribution is -0.147. The normalized spacial score (nSPS) is 45.9. The molecule has 3 saturated carbocycles. The molecule has 0 heterocycles. The van der Waals surface area contributed by atoms with Gasteiger partial charge in [-0.2, -0.15) is 0 Å². The molecule has 0 aromatic rings. The SMILES string of the molecule is C[C@]12CC[C@H](OC(=O)CI)CC1=CC[C@@H]1[C@@H]2CC[C@]2(C)C(=O)CC[C@@H]12. The van der Waals surface area contributed by atoms with Gasteiger partial charge in [-0.3, -0.25) is 9.59 Å². The monoisotopic (exact) mass is 456 g/mol. The lowest BCUT2D eigenvalue weighted by atomic mass is 9.48. The maximum Gasteiger partial charge on any atom is 0.316 e. The summed E-state index contributed by atoms with van der Waals surface area (Å²) in [5, 5.41) is 0. The van der Waals surface area contributed by atoms with Crippen molar-refractivity contribution in [3.8, 4) is 0 Å². The highest BCUT2D eigenvalue weighted by molar-refractivity contribution is 14.1. The van der Waals surface area contributed by atoms with E-state index in [2.05, 4.69) is 42.5 Å². The van der Waals surface area contributed by atoms with Crippen molar-refractivity contribution in [2.45, 2.75) is 71.3 Å². The number of alkyl halides is 1. The van der Waals surface area contributed by atoms with Crippen molar-refractivity contribution in [2.75, 3.05) is 4.43 Å². The second-order valence-electron chi connectivity index (χ2n) is 9.17. The van der Waals surface area contributed by atoms with E-state index < -0.39 is 0 Å². The van der Waals surface area contributed by atoms with Crippen molar-refractivity contribution < 1.29 is 14.3 Å². The molecule has 0 spiro atoms. The van der Waals surface area contributed by atoms with Crippen molar-refractivity contribution in [2.24, 2.45) is 28.6 Å². The zero-order valence-corrected chi connectivity index (χ0v) is 17.5. The lowest BCUT2D eigenvalue weighted by Crippen LogP contribution is -2.50. The Labute approximate surface area is 164 Å². The van der Waals surface area contributed by atoms with Crippen LogP contribution in [0.15, 0.2) is 11.6 Å². The van der Waals surface area contributed by atoms with Crippen LogP contribution in [0.5, 0.6) is 0 Å². The number of carbonyl (C=O) groups excluding carboxylic acids is 2. The first-order valence-corrected chi connectivity index (χ1v) is 11.4. The number of esters is 1. The molecule has 0 bridgehead atoms. The predicted octanol–water partition coefficient (Wildman–Crippen LogP) is 4.87. The molecule has 0 aromatic heterocycles. The van der Waals surface area contributed by atoms with Crippen molar-refractivity contribution >= 4 is 34.3 Å². The summed E-state index contributed by atoms with van der Waals surface area (Å²) in [6.45, 7) is 4.69. The van der Waals surface area contributed by atoms with Gasteiger partial charge >= 0.3 is 5.97 Å². The number of rotatable bonds is 2. The second kappa shape index (κ2) is 6.35. The number of ether oxygens (including phenoxy) is 1. The van der Waals surface area contributed by atoms with E-state index in [1.807, 2.05) is 0 Å². The molecule has 4 heteroatoms. The summed E-state index contributed by atoms with van der Waals surface area (Å²) in [4.78, 5) is 24.1. The molecule has 3 fully saturated rings. The number of Topliss-reactive ketones (excluding diaryl/α,β-unsaturated/α-hetero) is 1. The molecule has 0 amide bonds. The fraction of sp³-hybridized carbons (Fsp3) is 0.810. The first-order valence-electron chi connectivity index (χ1n) is 9.87. The van der Waals surface area contributed by atoms with Crippen LogP contribution in [-0.2, 0) is 14.3 Å². The highest BCUT2D eigenvalue weighted by atomic mass is 127. The molecule has 138 valence electrons. The van der Waals surface area contributed by atoms with E-state index in [0.29, 0.717) is 28.0 Å². The molecule has 0 N–H and O–H groups in total. The summed E-state index contributed by atoms with van der Waals surface area (Å²) in [7, 11) is 0. The van der Waals surface area contributed by atoms with Crippen LogP contribution < -0.4 is 0 Å². The van der Waals surface area contributed by atoms with Gasteiger partial charge < -0.3 is 4.74 Å². The third-order valence-electron chi connectivity index (χ3n) is 8.17. The zero-order chi connectivity index (χ0) is 17.8. The Morgan fingerprint density at radius 3 is 2.68 bits per heavy atom. The van der Waals surface area contributed by atoms with E-state index in [-0.39, 0.29) is 22.9 Å². The zero-order valence-electron chi connectivity index (χ0n) is 15.4. The van der Waals surface area contributed by atoms with E-state index in [0.717, 1.165) is 44.9 Å². The van der Waals surface area contributed by atoms with Crippen molar-refractivity contribution in [1.29, 1.82) is 0 Å². The standard InChI is InChI=1S/C21H29IO3/c1-20-9-7-14(25-19(24)12-22)11-13(20)3-4-15-16-5-6-18(23)21(16,2)10-8-17(15)20/h3,14-17H,4-12H2,1-2H3/t14-,15-,16-,17-,20-,21-/m0/s1. The fourth-order valence-electron chi connectivity index (χ4n) is 6.72. The molecule has 0 unspecified atom stereocenters. The van der Waals surface area contributed by atoms with Gasteiger partial charge in [0, 0.05) is 18.3 Å². The molecule has 4 aliphatic rings. The van der Waals surface area contributed by atoms with Crippen LogP contribution in [-0.4, -0.2) is 22.3 Å². The largest absolute Gasteiger partial charge is 0.461 e. The second-order valence-corrected chi connectivity index (χ2v) is 9.93. The molecular weight excluding hydrogens is 427 g/mol. The Morgan fingerprint density at radius 2 is 1.92 bits per heavy atom. The average molecular weight is 456 g/mol. The summed E-state index contributed by atoms with van der Waals surface area (Å²) in [5.74, 6) is 2.40. The molecule has 0 radical (unpaired) electrons. The first-order chi connectivity index (χ1) is 11.9. The van der Waals surface area contributed by atoms with E-state index >= 15 is 0 Å². The third-order valence-corrected chi connectivity index (χ3v) is 8.80. The summed E-state index contributed by atoms with van der Waals surface area (Å²) in [6, 6.07) is 0. The summed E-state index contributed by atoms with van der Waals surface area (Å²) in [6.07, 6.45) is 10.8. The predicted molar refractivity (Wildman–Crippen MR) is 105 cm³/mol. The highest BCUT2D eigenvalue weighted by Crippen LogP contribution is 2.64. The maximum absolute atomic E-state index is 12.5. The Bertz CT molecular complexity index is 627. The molecule has 6 atom stereocenters. The topological polar surface area (TPSA) is 43.4 Å². The number of allylic oxidation sites excluding steroid dienone is 1. The molecular formula is C21H29IO3. The summed E-state index contributed by atoms with van der Waals surface area (Å²) >= 11 is 2.07. The minimum absolute atomic E-state index is 0.0457. The smallest absolute Gasteiger partial charge is 0.316 e. The number of ketones is 1. The number of carbonyl (C=O) groups is 2. The van der Waals surface area contributed by atoms with Gasteiger partial charge in [0.2, 0.25) is 0 Å². The van der Waals surface area contributed by atoms with Gasteiger partial charge in [-0.25, -0.2) is 0 Å². The Hall–Kier alpha value is -0.390. The van der Waals surface area contributed by atoms with Gasteiger partial charge in [-0.1, -0.05) is 48.1 Å². The minimum Gasteiger partial charge on any atom is -0.461 e. The number of hydrogen-bond donors (Lipinski definition) is 0. The minimum atomic E-state index is -0.0820. The molecule has 4 rings (SSSR count). The number of hydrogen-bond acceptors (Lipinski definition) is 3. The van der Waals surface area contributed by atoms with Crippen LogP contribution in [0.2, 0.25) is 0 Å². The van der Waals surface area contributed by atoms with E-state index in [4.69, 9.17) is 4.74 Å². The Balaban J connectivity index is 1.56. The highest BCUT2D eigenvalue weighted by Gasteiger charge is 2.58. The van der Waals surface area contributed by atoms with Crippen LogP contribution in [0.3, 0.4) is 0 Å². The Morgan fingerprint density at radius 1 is 1.20 bits per heavy atom. The van der Waals surface area contributed by atoms with Gasteiger partial charge in [0.1, 0.15) is 11.9 Å². The number of fused-ring (bicyclic) bond motifs is 5. The average Bonchev–Trinajstić information content (AvgIpc) is 2.90. The fourth-order valence-corrected chi connectivity index (χ4v) is 6.90. The van der Waals surface area contributed by atoms with Gasteiger partial charge in [0.25, 0.3) is 0 Å². The molecule has 0 aliphatic heterocycles. The van der Waals surface area contributed by atoms with Crippen LogP contribution in [0, 0.1) is 28.6 Å². The van der Waals surface area contributed by atoms with Gasteiger partial charge in [0.05, 0.1) is 4.43 Å². The summed E-state index contributed by atoms with van der Waals surface area (Å²) in [5.41, 5.74) is 1.73. The van der Waals surface area contributed by atoms with Gasteiger partial charge in [0.15, 0.2) is 0 Å². The number of halogens is 1. The van der Waals surface area contributed by atoms with Crippen LogP contribution >= 0.6 is 22.6 Å². The van der Waals surface area contributed by atoms with Crippen molar-refractivity contribution in [3.63, 3.8) is 0 Å². The van der Waals surface area contributed by atoms with Crippen molar-refractivity contribution in [1.82, 2.24) is 0 Å². The van der Waals surface area contributed by atoms with Crippen LogP contribution in [0.4, 0.5) is 0 Å². The van der Waals surface area contributed by atoms with Crippen LogP contribution in [0.25, 0.3) is 0 Å². The van der Waals surface area contributed by atoms with E-state index in [1.165, 1.54) is 12.0 Å². The summed E-state index contributed by atoms with van der Waals surface area (Å²) < 4.78 is 6.07. The van der Waals surface area contributed by atoms with E-state index in [1.54, 1.807) is 0 Å². The molecule has 4 aliphatic carbocycles. The van der Waals surface area contributed by atoms with Gasteiger partial charge in [-0.15, -0.1) is 0 Å². The first kappa shape index (κ1) is 18.0. The molecule has 0 aromatic carbocycles. The Kier molecular flexibility index (Phi) is 4.57. The lowest BCUT2D eigenvalue weighted by Gasteiger charge is -2.56. The van der Waals surface area contributed by atoms with Crippen LogP contribution in [0.1, 0.15) is 65.2 Å². The maximum atomic E-state index is 12.5. The molecule has 25 heavy (non-hydrogen) atoms. The van der Waals surface area contributed by atoms with Gasteiger partial charge in [-0.05, 0) is 61.7 Å². The molecule has 0 saturated heterocycles. The van der Waals surface area contributed by atoms with Crippen molar-refractivity contribution in [3.05, 3.63) is 11.6 Å². The van der Waals surface area contributed by atoms with E-state index in [9.17, 15) is 9.59 Å². The molecule has 3 nitrogen and oxygen atoms in total.